The predicted octanol–water partition coefficient (Wildman–Crippen LogP) is 4.57. The van der Waals surface area contributed by atoms with E-state index in [4.69, 9.17) is 14.2 Å². The Labute approximate surface area is 156 Å². The van der Waals surface area contributed by atoms with Crippen molar-refractivity contribution >= 4 is 27.5 Å². The van der Waals surface area contributed by atoms with Crippen molar-refractivity contribution in [3.8, 4) is 17.2 Å². The maximum absolute atomic E-state index is 12.1. The average Bonchev–Trinajstić information content (AvgIpc) is 2.60. The molecule has 0 heterocycles. The van der Waals surface area contributed by atoms with Gasteiger partial charge in [0.05, 0.1) is 31.0 Å². The highest BCUT2D eigenvalue weighted by molar-refractivity contribution is 9.10. The van der Waals surface area contributed by atoms with Crippen LogP contribution in [-0.4, -0.2) is 26.7 Å². The Hall–Kier alpha value is -2.21. The van der Waals surface area contributed by atoms with Gasteiger partial charge < -0.3 is 19.5 Å². The molecule has 0 saturated carbocycles. The molecular weight excluding hydrogens is 386 g/mol. The van der Waals surface area contributed by atoms with Gasteiger partial charge in [0.15, 0.2) is 0 Å². The zero-order valence-electron chi connectivity index (χ0n) is 14.6. The lowest BCUT2D eigenvalue weighted by atomic mass is 10.2. The minimum Gasteiger partial charge on any atom is -0.497 e. The summed E-state index contributed by atoms with van der Waals surface area (Å²) in [4.78, 5) is 12.1. The first kappa shape index (κ1) is 19.1. The minimum absolute atomic E-state index is 0.0990. The fourth-order valence-electron chi connectivity index (χ4n) is 2.26. The maximum Gasteiger partial charge on any atom is 0.224 e. The summed E-state index contributed by atoms with van der Waals surface area (Å²) in [6, 6.07) is 11.2. The number of carbonyl (C=O) groups is 1. The van der Waals surface area contributed by atoms with Crippen molar-refractivity contribution in [3.63, 3.8) is 0 Å². The summed E-state index contributed by atoms with van der Waals surface area (Å²) >= 11 is 3.47. The standard InChI is InChI=1S/C19H22BrNO4/c1-13-6-8-17(15(20)11-13)25-10-4-5-19(22)21-16-12-14(23-2)7-9-18(16)24-3/h6-9,11-12H,4-5,10H2,1-3H3,(H,21,22). The Morgan fingerprint density at radius 3 is 2.52 bits per heavy atom. The second kappa shape index (κ2) is 9.32. The molecule has 0 saturated heterocycles. The Kier molecular flexibility index (Phi) is 7.13. The lowest BCUT2D eigenvalue weighted by Gasteiger charge is -2.12. The molecule has 0 aliphatic rings. The summed E-state index contributed by atoms with van der Waals surface area (Å²) in [7, 11) is 3.14. The number of amides is 1. The van der Waals surface area contributed by atoms with Crippen LogP contribution >= 0.6 is 15.9 Å². The lowest BCUT2D eigenvalue weighted by Crippen LogP contribution is -2.13. The van der Waals surface area contributed by atoms with E-state index in [0.717, 1.165) is 15.8 Å². The van der Waals surface area contributed by atoms with Crippen LogP contribution < -0.4 is 19.5 Å². The third kappa shape index (κ3) is 5.67. The molecule has 0 spiro atoms. The molecule has 5 nitrogen and oxygen atoms in total. The minimum atomic E-state index is -0.0990. The number of aryl methyl sites for hydroxylation is 1. The van der Waals surface area contributed by atoms with Gasteiger partial charge in [0.25, 0.3) is 0 Å². The van der Waals surface area contributed by atoms with Crippen LogP contribution in [0.2, 0.25) is 0 Å². The van der Waals surface area contributed by atoms with Gasteiger partial charge >= 0.3 is 0 Å². The molecule has 0 aromatic heterocycles. The molecule has 0 aliphatic carbocycles. The molecule has 0 fully saturated rings. The maximum atomic E-state index is 12.1. The van der Waals surface area contributed by atoms with Gasteiger partial charge in [0.2, 0.25) is 5.91 Å². The third-order valence-electron chi connectivity index (χ3n) is 3.57. The number of methoxy groups -OCH3 is 2. The summed E-state index contributed by atoms with van der Waals surface area (Å²) < 4.78 is 17.0. The van der Waals surface area contributed by atoms with Gasteiger partial charge in [-0.1, -0.05) is 6.07 Å². The first-order chi connectivity index (χ1) is 12.0. The summed E-state index contributed by atoms with van der Waals surface area (Å²) in [6.07, 6.45) is 0.961. The van der Waals surface area contributed by atoms with E-state index in [-0.39, 0.29) is 5.91 Å². The zero-order chi connectivity index (χ0) is 18.2. The molecule has 2 rings (SSSR count). The van der Waals surface area contributed by atoms with E-state index in [1.165, 1.54) is 0 Å². The zero-order valence-corrected chi connectivity index (χ0v) is 16.2. The smallest absolute Gasteiger partial charge is 0.224 e. The lowest BCUT2D eigenvalue weighted by molar-refractivity contribution is -0.116. The SMILES string of the molecule is COc1ccc(OC)c(NC(=O)CCCOc2ccc(C)cc2Br)c1. The topological polar surface area (TPSA) is 56.8 Å². The molecule has 134 valence electrons. The van der Waals surface area contributed by atoms with Gasteiger partial charge in [-0.05, 0) is 59.1 Å². The van der Waals surface area contributed by atoms with Gasteiger partial charge in [-0.15, -0.1) is 0 Å². The van der Waals surface area contributed by atoms with E-state index in [0.29, 0.717) is 36.6 Å². The number of anilines is 1. The van der Waals surface area contributed by atoms with E-state index in [2.05, 4.69) is 21.2 Å². The van der Waals surface area contributed by atoms with Crippen LogP contribution in [0.4, 0.5) is 5.69 Å². The summed E-state index contributed by atoms with van der Waals surface area (Å²) in [6.45, 7) is 2.48. The number of carbonyl (C=O) groups excluding carboxylic acids is 1. The van der Waals surface area contributed by atoms with Crippen molar-refractivity contribution in [2.24, 2.45) is 0 Å². The van der Waals surface area contributed by atoms with Gasteiger partial charge in [-0.2, -0.15) is 0 Å². The van der Waals surface area contributed by atoms with E-state index in [1.807, 2.05) is 25.1 Å². The Morgan fingerprint density at radius 1 is 1.08 bits per heavy atom. The predicted molar refractivity (Wildman–Crippen MR) is 102 cm³/mol. The van der Waals surface area contributed by atoms with Crippen molar-refractivity contribution in [2.75, 3.05) is 26.1 Å². The largest absolute Gasteiger partial charge is 0.497 e. The van der Waals surface area contributed by atoms with Crippen LogP contribution in [0.3, 0.4) is 0 Å². The number of ether oxygens (including phenoxy) is 3. The molecule has 1 N–H and O–H groups in total. The van der Waals surface area contributed by atoms with E-state index < -0.39 is 0 Å². The van der Waals surface area contributed by atoms with Crippen LogP contribution in [0, 0.1) is 6.92 Å². The van der Waals surface area contributed by atoms with Gasteiger partial charge in [-0.3, -0.25) is 4.79 Å². The molecule has 0 unspecified atom stereocenters. The van der Waals surface area contributed by atoms with Crippen LogP contribution in [0.25, 0.3) is 0 Å². The first-order valence-electron chi connectivity index (χ1n) is 7.94. The van der Waals surface area contributed by atoms with Crippen LogP contribution in [0.15, 0.2) is 40.9 Å². The Morgan fingerprint density at radius 2 is 1.84 bits per heavy atom. The molecule has 2 aromatic rings. The monoisotopic (exact) mass is 407 g/mol. The van der Waals surface area contributed by atoms with Gasteiger partial charge in [0.1, 0.15) is 17.2 Å². The fourth-order valence-corrected chi connectivity index (χ4v) is 2.87. The second-order valence-corrected chi connectivity index (χ2v) is 6.35. The molecule has 25 heavy (non-hydrogen) atoms. The highest BCUT2D eigenvalue weighted by Gasteiger charge is 2.09. The molecular formula is C19H22BrNO4. The molecule has 0 radical (unpaired) electrons. The van der Waals surface area contributed by atoms with Crippen LogP contribution in [0.1, 0.15) is 18.4 Å². The Bertz CT molecular complexity index is 733. The van der Waals surface area contributed by atoms with Crippen molar-refractivity contribution in [2.45, 2.75) is 19.8 Å². The van der Waals surface area contributed by atoms with Crippen LogP contribution in [-0.2, 0) is 4.79 Å². The number of hydrogen-bond acceptors (Lipinski definition) is 4. The molecule has 6 heteroatoms. The van der Waals surface area contributed by atoms with Crippen LogP contribution in [0.5, 0.6) is 17.2 Å². The van der Waals surface area contributed by atoms with E-state index in [9.17, 15) is 4.79 Å². The Balaban J connectivity index is 1.83. The number of rotatable bonds is 8. The van der Waals surface area contributed by atoms with Crippen molar-refractivity contribution in [3.05, 3.63) is 46.4 Å². The normalized spacial score (nSPS) is 10.2. The molecule has 0 aliphatic heterocycles. The quantitative estimate of drug-likeness (QED) is 0.650. The summed E-state index contributed by atoms with van der Waals surface area (Å²) in [5.41, 5.74) is 1.75. The molecule has 1 amide bonds. The number of benzene rings is 2. The number of halogens is 1. The molecule has 2 aromatic carbocycles. The van der Waals surface area contributed by atoms with Crippen molar-refractivity contribution in [1.29, 1.82) is 0 Å². The average molecular weight is 408 g/mol. The summed E-state index contributed by atoms with van der Waals surface area (Å²) in [5.74, 6) is 1.93. The second-order valence-electron chi connectivity index (χ2n) is 5.50. The van der Waals surface area contributed by atoms with Crippen molar-refractivity contribution < 1.29 is 19.0 Å². The highest BCUT2D eigenvalue weighted by atomic mass is 79.9. The summed E-state index contributed by atoms with van der Waals surface area (Å²) in [5, 5.41) is 2.84. The van der Waals surface area contributed by atoms with Gasteiger partial charge in [0, 0.05) is 12.5 Å². The van der Waals surface area contributed by atoms with Crippen molar-refractivity contribution in [1.82, 2.24) is 0 Å². The molecule has 0 atom stereocenters. The molecule has 0 bridgehead atoms. The number of hydrogen-bond donors (Lipinski definition) is 1. The fraction of sp³-hybridized carbons (Fsp3) is 0.316. The van der Waals surface area contributed by atoms with E-state index in [1.54, 1.807) is 32.4 Å². The van der Waals surface area contributed by atoms with E-state index >= 15 is 0 Å². The third-order valence-corrected chi connectivity index (χ3v) is 4.19. The number of nitrogens with one attached hydrogen (secondary N) is 1. The van der Waals surface area contributed by atoms with Gasteiger partial charge in [-0.25, -0.2) is 0 Å². The highest BCUT2D eigenvalue weighted by Crippen LogP contribution is 2.29. The first-order valence-corrected chi connectivity index (χ1v) is 8.73.